The Hall–Kier alpha value is -3.06. The van der Waals surface area contributed by atoms with Gasteiger partial charge in [-0.25, -0.2) is 4.79 Å². The Morgan fingerprint density at radius 3 is 2.56 bits per heavy atom. The number of nitrogen functional groups attached to an aromatic ring is 1. The molecule has 7 nitrogen and oxygen atoms in total. The highest BCUT2D eigenvalue weighted by Gasteiger charge is 2.24. The molecule has 4 rings (SSSR count). The number of hydrogen-bond acceptors (Lipinski definition) is 4. The van der Waals surface area contributed by atoms with E-state index in [1.54, 1.807) is 24.3 Å². The molecule has 1 aliphatic rings. The van der Waals surface area contributed by atoms with Crippen molar-refractivity contribution in [3.05, 3.63) is 59.0 Å². The number of nitrogens with one attached hydrogen (secondary N) is 2. The number of carbonyl (C=O) groups is 1. The van der Waals surface area contributed by atoms with Crippen LogP contribution in [-0.2, 0) is 4.79 Å². The SMILES string of the molecule is Nc1ccc(NC(=O)CN2CCC(n3c(=O)[nH]c4ccccc43)CC2)cc1. The van der Waals surface area contributed by atoms with Gasteiger partial charge in [0.05, 0.1) is 17.6 Å². The molecule has 1 amide bonds. The largest absolute Gasteiger partial charge is 0.399 e. The molecule has 7 heteroatoms. The molecular weight excluding hydrogens is 342 g/mol. The molecule has 0 unspecified atom stereocenters. The number of fused-ring (bicyclic) bond motifs is 1. The van der Waals surface area contributed by atoms with E-state index >= 15 is 0 Å². The second kappa shape index (κ2) is 7.28. The number of rotatable bonds is 4. The number of carbonyl (C=O) groups excluding carboxylic acids is 1. The monoisotopic (exact) mass is 365 g/mol. The molecule has 0 atom stereocenters. The Morgan fingerprint density at radius 1 is 1.11 bits per heavy atom. The highest BCUT2D eigenvalue weighted by molar-refractivity contribution is 5.92. The molecule has 2 heterocycles. The molecule has 27 heavy (non-hydrogen) atoms. The number of amides is 1. The number of imidazole rings is 1. The minimum atomic E-state index is -0.0595. The zero-order valence-electron chi connectivity index (χ0n) is 15.0. The average molecular weight is 365 g/mol. The number of anilines is 2. The van der Waals surface area contributed by atoms with Crippen LogP contribution in [0.5, 0.6) is 0 Å². The minimum absolute atomic E-state index is 0.0394. The van der Waals surface area contributed by atoms with Crippen molar-refractivity contribution >= 4 is 28.3 Å². The lowest BCUT2D eigenvalue weighted by molar-refractivity contribution is -0.117. The quantitative estimate of drug-likeness (QED) is 0.618. The van der Waals surface area contributed by atoms with Gasteiger partial charge in [0.15, 0.2) is 0 Å². The van der Waals surface area contributed by atoms with Crippen LogP contribution < -0.4 is 16.7 Å². The molecule has 0 radical (unpaired) electrons. The Balaban J connectivity index is 1.36. The van der Waals surface area contributed by atoms with E-state index in [1.165, 1.54) is 0 Å². The fourth-order valence-corrected chi connectivity index (χ4v) is 3.74. The van der Waals surface area contributed by atoms with Crippen LogP contribution in [0.15, 0.2) is 53.3 Å². The van der Waals surface area contributed by atoms with Gasteiger partial charge in [0, 0.05) is 30.5 Å². The number of aromatic nitrogens is 2. The van der Waals surface area contributed by atoms with Crippen molar-refractivity contribution in [1.82, 2.24) is 14.5 Å². The predicted molar refractivity (Wildman–Crippen MR) is 107 cm³/mol. The molecule has 1 aliphatic heterocycles. The summed E-state index contributed by atoms with van der Waals surface area (Å²) in [6, 6.07) is 15.0. The van der Waals surface area contributed by atoms with Crippen LogP contribution in [0.2, 0.25) is 0 Å². The Kier molecular flexibility index (Phi) is 4.68. The number of likely N-dealkylation sites (tertiary alicyclic amines) is 1. The molecule has 3 aromatic rings. The number of nitrogens with zero attached hydrogens (tertiary/aromatic N) is 2. The topological polar surface area (TPSA) is 96.2 Å². The number of nitrogens with two attached hydrogens (primary N) is 1. The summed E-state index contributed by atoms with van der Waals surface area (Å²) in [6.07, 6.45) is 1.69. The van der Waals surface area contributed by atoms with Crippen LogP contribution in [0.25, 0.3) is 11.0 Å². The first-order valence-electron chi connectivity index (χ1n) is 9.17. The third-order valence-corrected chi connectivity index (χ3v) is 5.11. The van der Waals surface area contributed by atoms with Gasteiger partial charge in [-0.15, -0.1) is 0 Å². The molecule has 0 aliphatic carbocycles. The average Bonchev–Trinajstić information content (AvgIpc) is 3.00. The Labute approximate surface area is 156 Å². The molecule has 140 valence electrons. The summed E-state index contributed by atoms with van der Waals surface area (Å²) in [4.78, 5) is 29.7. The Morgan fingerprint density at radius 2 is 1.81 bits per heavy atom. The van der Waals surface area contributed by atoms with Crippen molar-refractivity contribution in [3.8, 4) is 0 Å². The van der Waals surface area contributed by atoms with Crippen LogP contribution in [0.1, 0.15) is 18.9 Å². The lowest BCUT2D eigenvalue weighted by atomic mass is 10.0. The molecule has 1 fully saturated rings. The summed E-state index contributed by atoms with van der Waals surface area (Å²) < 4.78 is 1.86. The first-order valence-corrected chi connectivity index (χ1v) is 9.17. The maximum Gasteiger partial charge on any atom is 0.326 e. The predicted octanol–water partition coefficient (Wildman–Crippen LogP) is 2.19. The van der Waals surface area contributed by atoms with Crippen molar-refractivity contribution in [1.29, 1.82) is 0 Å². The van der Waals surface area contributed by atoms with Crippen LogP contribution in [0.3, 0.4) is 0 Å². The number of H-pyrrole nitrogens is 1. The van der Waals surface area contributed by atoms with Gasteiger partial charge in [-0.1, -0.05) is 12.1 Å². The summed E-state index contributed by atoms with van der Waals surface area (Å²) in [5.41, 5.74) is 8.83. The molecule has 2 aromatic carbocycles. The van der Waals surface area contributed by atoms with Crippen molar-refractivity contribution in [2.45, 2.75) is 18.9 Å². The summed E-state index contributed by atoms with van der Waals surface area (Å²) in [6.45, 7) is 1.91. The normalized spacial score (nSPS) is 15.9. The van der Waals surface area contributed by atoms with E-state index in [4.69, 9.17) is 5.73 Å². The molecular formula is C20H23N5O2. The number of hydrogen-bond donors (Lipinski definition) is 3. The number of piperidine rings is 1. The zero-order chi connectivity index (χ0) is 18.8. The first kappa shape index (κ1) is 17.4. The van der Waals surface area contributed by atoms with E-state index in [0.717, 1.165) is 42.7 Å². The standard InChI is InChI=1S/C20H23N5O2/c21-14-5-7-15(8-6-14)22-19(26)13-24-11-9-16(10-12-24)25-18-4-2-1-3-17(18)23-20(25)27/h1-8,16H,9-13,21H2,(H,22,26)(H,23,27). The lowest BCUT2D eigenvalue weighted by Gasteiger charge is -2.32. The molecule has 4 N–H and O–H groups in total. The molecule has 0 spiro atoms. The van der Waals surface area contributed by atoms with Crippen molar-refractivity contribution in [2.75, 3.05) is 30.7 Å². The fourth-order valence-electron chi connectivity index (χ4n) is 3.74. The number of para-hydroxylation sites is 2. The third kappa shape index (κ3) is 3.73. The van der Waals surface area contributed by atoms with Crippen molar-refractivity contribution in [2.24, 2.45) is 0 Å². The summed E-state index contributed by atoms with van der Waals surface area (Å²) in [5, 5.41) is 2.89. The second-order valence-electron chi connectivity index (χ2n) is 6.99. The van der Waals surface area contributed by atoms with Gasteiger partial charge >= 0.3 is 5.69 Å². The van der Waals surface area contributed by atoms with Crippen LogP contribution in [0, 0.1) is 0 Å². The van der Waals surface area contributed by atoms with Gasteiger partial charge in [-0.2, -0.15) is 0 Å². The summed E-state index contributed by atoms with van der Waals surface area (Å²) in [7, 11) is 0. The van der Waals surface area contributed by atoms with E-state index in [-0.39, 0.29) is 17.6 Å². The van der Waals surface area contributed by atoms with Gasteiger partial charge in [-0.3, -0.25) is 14.3 Å². The van der Waals surface area contributed by atoms with Crippen LogP contribution in [0.4, 0.5) is 11.4 Å². The second-order valence-corrected chi connectivity index (χ2v) is 6.99. The Bertz CT molecular complexity index is 997. The highest BCUT2D eigenvalue weighted by atomic mass is 16.2. The van der Waals surface area contributed by atoms with Crippen LogP contribution in [-0.4, -0.2) is 40.0 Å². The summed E-state index contributed by atoms with van der Waals surface area (Å²) >= 11 is 0. The maximum absolute atomic E-state index is 12.3. The smallest absolute Gasteiger partial charge is 0.326 e. The zero-order valence-corrected chi connectivity index (χ0v) is 15.0. The summed E-state index contributed by atoms with van der Waals surface area (Å²) in [5.74, 6) is -0.0394. The van der Waals surface area contributed by atoms with E-state index in [1.807, 2.05) is 28.8 Å². The van der Waals surface area contributed by atoms with E-state index in [2.05, 4.69) is 15.2 Å². The van der Waals surface area contributed by atoms with Gasteiger partial charge in [-0.05, 0) is 49.2 Å². The van der Waals surface area contributed by atoms with E-state index < -0.39 is 0 Å². The highest BCUT2D eigenvalue weighted by Crippen LogP contribution is 2.24. The first-order chi connectivity index (χ1) is 13.1. The number of benzene rings is 2. The van der Waals surface area contributed by atoms with E-state index in [9.17, 15) is 9.59 Å². The molecule has 0 bridgehead atoms. The van der Waals surface area contributed by atoms with Gasteiger partial charge in [0.1, 0.15) is 0 Å². The van der Waals surface area contributed by atoms with Crippen molar-refractivity contribution < 1.29 is 4.79 Å². The molecule has 1 saturated heterocycles. The van der Waals surface area contributed by atoms with Gasteiger partial charge in [0.2, 0.25) is 5.91 Å². The lowest BCUT2D eigenvalue weighted by Crippen LogP contribution is -2.40. The third-order valence-electron chi connectivity index (χ3n) is 5.11. The number of aromatic amines is 1. The minimum Gasteiger partial charge on any atom is -0.399 e. The molecule has 1 aromatic heterocycles. The molecule has 0 saturated carbocycles. The van der Waals surface area contributed by atoms with Crippen LogP contribution >= 0.6 is 0 Å². The van der Waals surface area contributed by atoms with Crippen molar-refractivity contribution in [3.63, 3.8) is 0 Å². The van der Waals surface area contributed by atoms with Gasteiger partial charge in [0.25, 0.3) is 0 Å². The maximum atomic E-state index is 12.3. The van der Waals surface area contributed by atoms with Gasteiger partial charge < -0.3 is 16.0 Å². The fraction of sp³-hybridized carbons (Fsp3) is 0.300. The van der Waals surface area contributed by atoms with E-state index in [0.29, 0.717) is 12.2 Å².